The lowest BCUT2D eigenvalue weighted by atomic mass is 9.88. The zero-order valence-corrected chi connectivity index (χ0v) is 11.3. The van der Waals surface area contributed by atoms with Gasteiger partial charge < -0.3 is 10.1 Å². The van der Waals surface area contributed by atoms with Crippen molar-refractivity contribution in [3.8, 4) is 5.75 Å². The minimum absolute atomic E-state index is 0.291. The summed E-state index contributed by atoms with van der Waals surface area (Å²) in [6, 6.07) is 4.50. The normalized spacial score (nSPS) is 18.0. The van der Waals surface area contributed by atoms with Crippen LogP contribution in [-0.2, 0) is 0 Å². The Labute approximate surface area is 112 Å². The Bertz CT molecular complexity index is 471. The van der Waals surface area contributed by atoms with Crippen LogP contribution in [0.25, 0.3) is 0 Å². The van der Waals surface area contributed by atoms with Crippen LogP contribution < -0.4 is 10.1 Å². The minimum atomic E-state index is -2.64. The molecule has 0 unspecified atom stereocenters. The number of benzene rings is 1. The number of ether oxygens (including phenoxy) is 1. The molecule has 1 amide bonds. The second kappa shape index (κ2) is 4.84. The molecule has 0 aromatic heterocycles. The quantitative estimate of drug-likeness (QED) is 0.930. The Kier molecular flexibility index (Phi) is 3.56. The maximum atomic E-state index is 12.7. The largest absolute Gasteiger partial charge is 0.497 e. The highest BCUT2D eigenvalue weighted by Crippen LogP contribution is 2.37. The van der Waals surface area contributed by atoms with Gasteiger partial charge in [0.05, 0.1) is 12.7 Å². The van der Waals surface area contributed by atoms with E-state index in [0.717, 1.165) is 0 Å². The van der Waals surface area contributed by atoms with Gasteiger partial charge in [0.2, 0.25) is 0 Å². The highest BCUT2D eigenvalue weighted by Gasteiger charge is 2.46. The molecular weight excluding hydrogens is 308 g/mol. The predicted octanol–water partition coefficient (Wildman–Crippen LogP) is 2.99. The number of alkyl halides is 2. The third kappa shape index (κ3) is 2.80. The maximum Gasteiger partial charge on any atom is 0.252 e. The standard InChI is InChI=1S/C12H12BrF2NO2/c1-18-8-2-3-10(13)9(4-8)11(17)16-7-5-12(14,15)6-7/h2-4,7H,5-6H2,1H3,(H,16,17). The molecule has 1 N–H and O–H groups in total. The van der Waals surface area contributed by atoms with Crippen molar-refractivity contribution in [2.24, 2.45) is 0 Å². The van der Waals surface area contributed by atoms with Crippen LogP contribution >= 0.6 is 15.9 Å². The Balaban J connectivity index is 2.05. The number of rotatable bonds is 3. The smallest absolute Gasteiger partial charge is 0.252 e. The number of nitrogens with one attached hydrogen (secondary N) is 1. The van der Waals surface area contributed by atoms with E-state index in [-0.39, 0.29) is 18.7 Å². The van der Waals surface area contributed by atoms with Crippen molar-refractivity contribution in [1.29, 1.82) is 0 Å². The molecule has 0 saturated heterocycles. The summed E-state index contributed by atoms with van der Waals surface area (Å²) in [6.45, 7) is 0. The molecule has 0 spiro atoms. The van der Waals surface area contributed by atoms with Gasteiger partial charge in [-0.2, -0.15) is 0 Å². The van der Waals surface area contributed by atoms with Crippen molar-refractivity contribution in [2.75, 3.05) is 7.11 Å². The molecule has 1 aromatic rings. The van der Waals surface area contributed by atoms with E-state index < -0.39 is 12.0 Å². The number of hydrogen-bond acceptors (Lipinski definition) is 2. The zero-order chi connectivity index (χ0) is 13.3. The first-order valence-corrected chi connectivity index (χ1v) is 6.23. The number of carbonyl (C=O) groups is 1. The van der Waals surface area contributed by atoms with Gasteiger partial charge in [-0.05, 0) is 34.1 Å². The molecule has 3 nitrogen and oxygen atoms in total. The SMILES string of the molecule is COc1ccc(Br)c(C(=O)NC2CC(F)(F)C2)c1. The summed E-state index contributed by atoms with van der Waals surface area (Å²) in [7, 11) is 1.50. The molecule has 2 rings (SSSR count). The van der Waals surface area contributed by atoms with Gasteiger partial charge in [0.25, 0.3) is 11.8 Å². The summed E-state index contributed by atoms with van der Waals surface area (Å²) in [6.07, 6.45) is -0.583. The van der Waals surface area contributed by atoms with E-state index in [0.29, 0.717) is 15.8 Å². The molecule has 0 atom stereocenters. The minimum Gasteiger partial charge on any atom is -0.497 e. The molecule has 1 aliphatic rings. The van der Waals surface area contributed by atoms with Crippen molar-refractivity contribution < 1.29 is 18.3 Å². The second-order valence-electron chi connectivity index (χ2n) is 4.28. The molecule has 0 aliphatic heterocycles. The summed E-state index contributed by atoms with van der Waals surface area (Å²) in [5.41, 5.74) is 0.379. The van der Waals surface area contributed by atoms with Gasteiger partial charge in [-0.15, -0.1) is 0 Å². The lowest BCUT2D eigenvalue weighted by Gasteiger charge is -2.35. The van der Waals surface area contributed by atoms with Crippen molar-refractivity contribution >= 4 is 21.8 Å². The number of halogens is 3. The van der Waals surface area contributed by atoms with Crippen LogP contribution in [0, 0.1) is 0 Å². The molecule has 98 valence electrons. The summed E-state index contributed by atoms with van der Waals surface area (Å²) in [4.78, 5) is 11.9. The highest BCUT2D eigenvalue weighted by atomic mass is 79.9. The van der Waals surface area contributed by atoms with E-state index in [9.17, 15) is 13.6 Å². The van der Waals surface area contributed by atoms with Gasteiger partial charge in [-0.25, -0.2) is 8.78 Å². The Morgan fingerprint density at radius 1 is 1.50 bits per heavy atom. The first-order valence-electron chi connectivity index (χ1n) is 5.43. The van der Waals surface area contributed by atoms with E-state index >= 15 is 0 Å². The van der Waals surface area contributed by atoms with E-state index in [2.05, 4.69) is 21.2 Å². The summed E-state index contributed by atoms with van der Waals surface area (Å²) in [5.74, 6) is -2.47. The van der Waals surface area contributed by atoms with Gasteiger partial charge in [0.15, 0.2) is 0 Å². The third-order valence-corrected chi connectivity index (χ3v) is 3.53. The average molecular weight is 320 g/mol. The van der Waals surface area contributed by atoms with Crippen molar-refractivity contribution in [3.63, 3.8) is 0 Å². The first kappa shape index (κ1) is 13.3. The monoisotopic (exact) mass is 319 g/mol. The highest BCUT2D eigenvalue weighted by molar-refractivity contribution is 9.10. The molecule has 1 aromatic carbocycles. The van der Waals surface area contributed by atoms with Crippen LogP contribution in [0.3, 0.4) is 0 Å². The van der Waals surface area contributed by atoms with Crippen LogP contribution in [0.2, 0.25) is 0 Å². The first-order chi connectivity index (χ1) is 8.41. The lowest BCUT2D eigenvalue weighted by molar-refractivity contribution is -0.0901. The Morgan fingerprint density at radius 2 is 2.17 bits per heavy atom. The summed E-state index contributed by atoms with van der Waals surface area (Å²) in [5, 5.41) is 2.58. The Morgan fingerprint density at radius 3 is 2.72 bits per heavy atom. The Hall–Kier alpha value is -1.17. The lowest BCUT2D eigenvalue weighted by Crippen LogP contribution is -2.50. The molecule has 18 heavy (non-hydrogen) atoms. The predicted molar refractivity (Wildman–Crippen MR) is 66.1 cm³/mol. The zero-order valence-electron chi connectivity index (χ0n) is 9.67. The van der Waals surface area contributed by atoms with Crippen molar-refractivity contribution in [3.05, 3.63) is 28.2 Å². The fourth-order valence-corrected chi connectivity index (χ4v) is 2.26. The second-order valence-corrected chi connectivity index (χ2v) is 5.13. The number of methoxy groups -OCH3 is 1. The molecule has 6 heteroatoms. The van der Waals surface area contributed by atoms with E-state index in [1.165, 1.54) is 7.11 Å². The van der Waals surface area contributed by atoms with Crippen molar-refractivity contribution in [1.82, 2.24) is 5.32 Å². The number of hydrogen-bond donors (Lipinski definition) is 1. The molecule has 0 bridgehead atoms. The fraction of sp³-hybridized carbons (Fsp3) is 0.417. The maximum absolute atomic E-state index is 12.7. The number of amides is 1. The molecule has 1 fully saturated rings. The van der Waals surface area contributed by atoms with Crippen LogP contribution in [-0.4, -0.2) is 25.0 Å². The van der Waals surface area contributed by atoms with Crippen LogP contribution in [0.5, 0.6) is 5.75 Å². The fourth-order valence-electron chi connectivity index (χ4n) is 1.83. The molecule has 1 saturated carbocycles. The van der Waals surface area contributed by atoms with Gasteiger partial charge >= 0.3 is 0 Å². The topological polar surface area (TPSA) is 38.3 Å². The molecule has 0 radical (unpaired) electrons. The molecule has 1 aliphatic carbocycles. The van der Waals surface area contributed by atoms with Crippen LogP contribution in [0.15, 0.2) is 22.7 Å². The third-order valence-electron chi connectivity index (χ3n) is 2.84. The van der Waals surface area contributed by atoms with Gasteiger partial charge in [0.1, 0.15) is 5.75 Å². The van der Waals surface area contributed by atoms with Gasteiger partial charge in [0, 0.05) is 23.4 Å². The van der Waals surface area contributed by atoms with E-state index in [1.807, 2.05) is 0 Å². The van der Waals surface area contributed by atoms with E-state index in [1.54, 1.807) is 18.2 Å². The summed E-state index contributed by atoms with van der Waals surface area (Å²) < 4.78 is 30.9. The van der Waals surface area contributed by atoms with Crippen LogP contribution in [0.4, 0.5) is 8.78 Å². The van der Waals surface area contributed by atoms with Gasteiger partial charge in [-0.3, -0.25) is 4.79 Å². The van der Waals surface area contributed by atoms with E-state index in [4.69, 9.17) is 4.74 Å². The molecular formula is C12H12BrF2NO2. The van der Waals surface area contributed by atoms with Crippen molar-refractivity contribution in [2.45, 2.75) is 24.8 Å². The number of carbonyl (C=O) groups excluding carboxylic acids is 1. The summed E-state index contributed by atoms with van der Waals surface area (Å²) >= 11 is 3.25. The molecule has 0 heterocycles. The van der Waals surface area contributed by atoms with Crippen LogP contribution in [0.1, 0.15) is 23.2 Å². The van der Waals surface area contributed by atoms with Gasteiger partial charge in [-0.1, -0.05) is 0 Å². The average Bonchev–Trinajstić information content (AvgIpc) is 2.27.